The van der Waals surface area contributed by atoms with E-state index in [2.05, 4.69) is 19.2 Å². The molecule has 0 radical (unpaired) electrons. The molecule has 0 atom stereocenters. The molecule has 0 saturated heterocycles. The molecule has 22 heavy (non-hydrogen) atoms. The minimum atomic E-state index is -0.444. The molecule has 4 nitrogen and oxygen atoms in total. The largest absolute Gasteiger partial charge is 0.333 e. The van der Waals surface area contributed by atoms with Crippen molar-refractivity contribution in [2.24, 2.45) is 5.41 Å². The summed E-state index contributed by atoms with van der Waals surface area (Å²) in [5, 5.41) is 3.67. The van der Waals surface area contributed by atoms with Crippen LogP contribution in [0.2, 0.25) is 0 Å². The van der Waals surface area contributed by atoms with Crippen LogP contribution in [-0.4, -0.2) is 28.8 Å². The van der Waals surface area contributed by atoms with Crippen LogP contribution in [0.1, 0.15) is 62.7 Å². The highest BCUT2D eigenvalue weighted by Crippen LogP contribution is 2.34. The van der Waals surface area contributed by atoms with E-state index in [4.69, 9.17) is 0 Å². The second kappa shape index (κ2) is 6.03. The van der Waals surface area contributed by atoms with Crippen molar-refractivity contribution in [3.63, 3.8) is 0 Å². The van der Waals surface area contributed by atoms with E-state index < -0.39 is 5.41 Å². The van der Waals surface area contributed by atoms with E-state index in [9.17, 15) is 9.59 Å². The molecule has 1 aromatic rings. The quantitative estimate of drug-likeness (QED) is 0.909. The van der Waals surface area contributed by atoms with Crippen molar-refractivity contribution in [3.8, 4) is 0 Å². The molecule has 0 unspecified atom stereocenters. The van der Waals surface area contributed by atoms with Crippen LogP contribution in [0, 0.1) is 12.3 Å². The van der Waals surface area contributed by atoms with Gasteiger partial charge in [0, 0.05) is 17.5 Å². The Labute approximate surface area is 136 Å². The topological polar surface area (TPSA) is 49.4 Å². The van der Waals surface area contributed by atoms with E-state index >= 15 is 0 Å². The molecular weight excluding hydrogens is 296 g/mol. The predicted molar refractivity (Wildman–Crippen MR) is 91.5 cm³/mol. The predicted octanol–water partition coefficient (Wildman–Crippen LogP) is 4.05. The lowest BCUT2D eigenvalue weighted by molar-refractivity contribution is -0.123. The van der Waals surface area contributed by atoms with Gasteiger partial charge < -0.3 is 10.2 Å². The summed E-state index contributed by atoms with van der Waals surface area (Å²) in [5.74, 6) is 0.0620. The van der Waals surface area contributed by atoms with E-state index in [1.165, 1.54) is 11.3 Å². The van der Waals surface area contributed by atoms with Crippen LogP contribution in [0.15, 0.2) is 6.07 Å². The van der Waals surface area contributed by atoms with Crippen LogP contribution in [0.5, 0.6) is 0 Å². The number of amides is 2. The highest BCUT2D eigenvalue weighted by molar-refractivity contribution is 7.18. The highest BCUT2D eigenvalue weighted by Gasteiger charge is 2.36. The SMILES string of the molecule is Cc1cc(NC(=O)C(C)(C)C)sc1C(=O)N(C(C)C)C1CC1. The number of carbonyl (C=O) groups excluding carboxylic acids is 2. The minimum absolute atomic E-state index is 0.0318. The lowest BCUT2D eigenvalue weighted by Gasteiger charge is -2.26. The molecule has 1 N–H and O–H groups in total. The molecule has 2 rings (SSSR count). The maximum Gasteiger partial charge on any atom is 0.264 e. The zero-order chi connectivity index (χ0) is 16.7. The fraction of sp³-hybridized carbons (Fsp3) is 0.647. The van der Waals surface area contributed by atoms with Crippen LogP contribution in [0.25, 0.3) is 0 Å². The number of nitrogens with one attached hydrogen (secondary N) is 1. The van der Waals surface area contributed by atoms with Crippen molar-refractivity contribution in [2.75, 3.05) is 5.32 Å². The van der Waals surface area contributed by atoms with E-state index in [-0.39, 0.29) is 17.9 Å². The Morgan fingerprint density at radius 2 is 1.91 bits per heavy atom. The van der Waals surface area contributed by atoms with Gasteiger partial charge in [0.05, 0.1) is 9.88 Å². The first kappa shape index (κ1) is 17.0. The average Bonchev–Trinajstić information content (AvgIpc) is 3.11. The van der Waals surface area contributed by atoms with Gasteiger partial charge in [-0.3, -0.25) is 9.59 Å². The van der Waals surface area contributed by atoms with Crippen molar-refractivity contribution < 1.29 is 9.59 Å². The maximum absolute atomic E-state index is 12.8. The number of hydrogen-bond donors (Lipinski definition) is 1. The van der Waals surface area contributed by atoms with Gasteiger partial charge in [0.1, 0.15) is 0 Å². The smallest absolute Gasteiger partial charge is 0.264 e. The minimum Gasteiger partial charge on any atom is -0.333 e. The summed E-state index contributed by atoms with van der Waals surface area (Å²) in [5.41, 5.74) is 0.491. The molecule has 1 heterocycles. The number of rotatable bonds is 4. The molecule has 0 bridgehead atoms. The summed E-state index contributed by atoms with van der Waals surface area (Å²) in [6, 6.07) is 2.49. The highest BCUT2D eigenvalue weighted by atomic mass is 32.1. The van der Waals surface area contributed by atoms with Gasteiger partial charge in [-0.05, 0) is 45.2 Å². The standard InChI is InChI=1S/C17H26N2O2S/c1-10(2)19(12-7-8-12)15(20)14-11(3)9-13(22-14)18-16(21)17(4,5)6/h9-10,12H,7-8H2,1-6H3,(H,18,21). The Kier molecular flexibility index (Phi) is 4.66. The Morgan fingerprint density at radius 3 is 2.36 bits per heavy atom. The van der Waals surface area contributed by atoms with Crippen molar-refractivity contribution in [1.82, 2.24) is 4.90 Å². The zero-order valence-corrected chi connectivity index (χ0v) is 15.1. The Hall–Kier alpha value is -1.36. The zero-order valence-electron chi connectivity index (χ0n) is 14.3. The second-order valence-corrected chi connectivity index (χ2v) is 8.42. The monoisotopic (exact) mass is 322 g/mol. The molecule has 2 amide bonds. The first-order valence-corrected chi connectivity index (χ1v) is 8.67. The molecular formula is C17H26N2O2S. The third kappa shape index (κ3) is 3.69. The average molecular weight is 322 g/mol. The van der Waals surface area contributed by atoms with Crippen LogP contribution in [0.4, 0.5) is 5.00 Å². The molecule has 5 heteroatoms. The van der Waals surface area contributed by atoms with Crippen molar-refractivity contribution in [3.05, 3.63) is 16.5 Å². The number of carbonyl (C=O) groups is 2. The van der Waals surface area contributed by atoms with E-state index in [0.29, 0.717) is 6.04 Å². The Morgan fingerprint density at radius 1 is 1.32 bits per heavy atom. The number of aryl methyl sites for hydroxylation is 1. The molecule has 1 aliphatic carbocycles. The third-order valence-electron chi connectivity index (χ3n) is 3.76. The van der Waals surface area contributed by atoms with Gasteiger partial charge in [0.25, 0.3) is 5.91 Å². The van der Waals surface area contributed by atoms with Crippen molar-refractivity contribution in [2.45, 2.75) is 66.5 Å². The molecule has 0 aromatic carbocycles. The summed E-state index contributed by atoms with van der Waals surface area (Å²) in [6.45, 7) is 11.7. The van der Waals surface area contributed by atoms with Gasteiger partial charge in [0.2, 0.25) is 5.91 Å². The number of anilines is 1. The van der Waals surface area contributed by atoms with Gasteiger partial charge in [0.15, 0.2) is 0 Å². The molecule has 1 aliphatic rings. The van der Waals surface area contributed by atoms with Crippen LogP contribution < -0.4 is 5.32 Å². The van der Waals surface area contributed by atoms with Gasteiger partial charge in [-0.1, -0.05) is 20.8 Å². The Bertz CT molecular complexity index is 578. The first-order valence-electron chi connectivity index (χ1n) is 7.86. The van der Waals surface area contributed by atoms with E-state index in [1.807, 2.05) is 38.7 Å². The van der Waals surface area contributed by atoms with Crippen LogP contribution in [0.3, 0.4) is 0 Å². The Balaban J connectivity index is 2.19. The first-order chi connectivity index (χ1) is 10.1. The van der Waals surface area contributed by atoms with Crippen molar-refractivity contribution >= 4 is 28.2 Å². The van der Waals surface area contributed by atoms with Gasteiger partial charge >= 0.3 is 0 Å². The molecule has 122 valence electrons. The van der Waals surface area contributed by atoms with E-state index in [1.54, 1.807) is 0 Å². The lowest BCUT2D eigenvalue weighted by atomic mass is 9.96. The van der Waals surface area contributed by atoms with Crippen molar-refractivity contribution in [1.29, 1.82) is 0 Å². The van der Waals surface area contributed by atoms with Gasteiger partial charge in [-0.25, -0.2) is 0 Å². The summed E-state index contributed by atoms with van der Waals surface area (Å²) < 4.78 is 0. The number of nitrogens with zero attached hydrogens (tertiary/aromatic N) is 1. The summed E-state index contributed by atoms with van der Waals surface area (Å²) in [6.07, 6.45) is 2.20. The lowest BCUT2D eigenvalue weighted by Crippen LogP contribution is -2.38. The molecule has 0 aliphatic heterocycles. The fourth-order valence-corrected chi connectivity index (χ4v) is 3.36. The number of hydrogen-bond acceptors (Lipinski definition) is 3. The van der Waals surface area contributed by atoms with Crippen LogP contribution >= 0.6 is 11.3 Å². The summed E-state index contributed by atoms with van der Waals surface area (Å²) in [4.78, 5) is 27.6. The summed E-state index contributed by atoms with van der Waals surface area (Å²) in [7, 11) is 0. The molecule has 1 saturated carbocycles. The molecule has 1 fully saturated rings. The van der Waals surface area contributed by atoms with Gasteiger partial charge in [-0.15, -0.1) is 11.3 Å². The van der Waals surface area contributed by atoms with Crippen LogP contribution in [-0.2, 0) is 4.79 Å². The second-order valence-electron chi connectivity index (χ2n) is 7.36. The summed E-state index contributed by atoms with van der Waals surface area (Å²) >= 11 is 1.38. The molecule has 1 aromatic heterocycles. The normalized spacial score (nSPS) is 15.0. The number of thiophene rings is 1. The molecule has 0 spiro atoms. The van der Waals surface area contributed by atoms with E-state index in [0.717, 1.165) is 28.3 Å². The maximum atomic E-state index is 12.8. The third-order valence-corrected chi connectivity index (χ3v) is 4.90. The van der Waals surface area contributed by atoms with Gasteiger partial charge in [-0.2, -0.15) is 0 Å². The fourth-order valence-electron chi connectivity index (χ4n) is 2.35.